The number of carbonyl (C=O) groups excluding carboxylic acids is 1. The number of rotatable bonds is 33. The molecule has 4 aromatic carbocycles. The number of nitrogens with one attached hydrogen (secondary N) is 1. The van der Waals surface area contributed by atoms with Crippen LogP contribution in [0.4, 0.5) is 4.79 Å². The van der Waals surface area contributed by atoms with Gasteiger partial charge in [-0.05, 0) is 75.4 Å². The summed E-state index contributed by atoms with van der Waals surface area (Å²) in [6.07, 6.45) is -6.44. The highest BCUT2D eigenvalue weighted by molar-refractivity contribution is 7.53. The molecule has 0 bridgehead atoms. The molecule has 8 unspecified atom stereocenters. The quantitative estimate of drug-likeness (QED) is 0.0152. The van der Waals surface area contributed by atoms with Gasteiger partial charge < -0.3 is 52.3 Å². The number of unbranched alkanes of at least 4 members (excludes halogenated alkanes) is 3. The van der Waals surface area contributed by atoms with E-state index in [0.29, 0.717) is 26.0 Å². The van der Waals surface area contributed by atoms with Gasteiger partial charge >= 0.3 is 21.3 Å². The van der Waals surface area contributed by atoms with Crippen molar-refractivity contribution in [2.24, 2.45) is 39.0 Å². The third kappa shape index (κ3) is 20.9. The SMILES string of the molecule is C[C@@H]1C(COCc2ccccc2)O[C@H](OP(C)(=O)O[C@@H]2C(COCc3ccccc3)O[C@H](OP(C)(=O)O[C@@H]3C(COCc4ccccc4)O[C@H](OCCCCCCNC(=O)OCc4ccccc4)C(N=[N+]=[N-])[C@H]3C)C(N=[N+]=[N-])[C@H]2C)C(N=[N+]=[N-])[C@H]1C. The smallest absolute Gasteiger partial charge is 0.407 e. The van der Waals surface area contributed by atoms with Gasteiger partial charge in [0.1, 0.15) is 18.8 Å². The van der Waals surface area contributed by atoms with Gasteiger partial charge in [0, 0.05) is 41.2 Å². The lowest BCUT2D eigenvalue weighted by atomic mass is 9.82. The van der Waals surface area contributed by atoms with E-state index < -0.39 is 101 Å². The topological polar surface area (TPSA) is 320 Å². The fraction of sp³-hybridized carbons (Fsp3) is 0.576. The predicted octanol–water partition coefficient (Wildman–Crippen LogP) is 13.3. The van der Waals surface area contributed by atoms with Crippen LogP contribution in [0.25, 0.3) is 31.3 Å². The van der Waals surface area contributed by atoms with Crippen molar-refractivity contribution < 1.29 is 69.9 Å². The van der Waals surface area contributed by atoms with Crippen molar-refractivity contribution in [1.82, 2.24) is 5.32 Å². The number of amides is 1. The summed E-state index contributed by atoms with van der Waals surface area (Å²) in [5.41, 5.74) is 33.1. The van der Waals surface area contributed by atoms with E-state index in [-0.39, 0.29) is 58.1 Å². The second kappa shape index (κ2) is 34.6. The maximum Gasteiger partial charge on any atom is 0.407 e. The molecule has 466 valence electrons. The molecule has 25 nitrogen and oxygen atoms in total. The zero-order chi connectivity index (χ0) is 61.3. The molecule has 0 spiro atoms. The molecule has 3 heterocycles. The van der Waals surface area contributed by atoms with Crippen molar-refractivity contribution >= 4 is 21.3 Å². The minimum Gasteiger partial charge on any atom is -0.445 e. The number of carbonyl (C=O) groups is 1. The highest BCUT2D eigenvalue weighted by Gasteiger charge is 2.52. The van der Waals surface area contributed by atoms with Crippen LogP contribution in [0.3, 0.4) is 0 Å². The molecule has 0 aliphatic carbocycles. The van der Waals surface area contributed by atoms with Gasteiger partial charge in [-0.15, -0.1) is 0 Å². The summed E-state index contributed by atoms with van der Waals surface area (Å²) in [7, 11) is -8.58. The summed E-state index contributed by atoms with van der Waals surface area (Å²) in [4.78, 5) is 21.5. The number of benzene rings is 4. The number of nitrogens with zero attached hydrogens (tertiary/aromatic N) is 9. The van der Waals surface area contributed by atoms with Gasteiger partial charge in [0.25, 0.3) is 0 Å². The molecule has 27 heteroatoms. The van der Waals surface area contributed by atoms with E-state index >= 15 is 4.57 Å². The second-order valence-electron chi connectivity index (χ2n) is 21.8. The van der Waals surface area contributed by atoms with Crippen LogP contribution in [0.5, 0.6) is 0 Å². The van der Waals surface area contributed by atoms with Crippen LogP contribution in [0, 0.1) is 23.7 Å². The van der Waals surface area contributed by atoms with E-state index in [9.17, 15) is 26.0 Å². The van der Waals surface area contributed by atoms with Crippen molar-refractivity contribution in [3.8, 4) is 0 Å². The van der Waals surface area contributed by atoms with Crippen molar-refractivity contribution in [3.05, 3.63) is 175 Å². The molecular weight excluding hydrogens is 1150 g/mol. The third-order valence-electron chi connectivity index (χ3n) is 15.4. The first kappa shape index (κ1) is 67.6. The molecule has 0 radical (unpaired) electrons. The summed E-state index contributed by atoms with van der Waals surface area (Å²) in [6.45, 7) is 11.2. The van der Waals surface area contributed by atoms with Crippen LogP contribution in [0.15, 0.2) is 137 Å². The van der Waals surface area contributed by atoms with E-state index in [1.807, 2.05) is 135 Å². The van der Waals surface area contributed by atoms with Gasteiger partial charge in [0.05, 0.1) is 76.1 Å². The van der Waals surface area contributed by atoms with E-state index in [1.54, 1.807) is 13.8 Å². The Kier molecular flexibility index (Phi) is 27.2. The summed E-state index contributed by atoms with van der Waals surface area (Å²) >= 11 is 0. The largest absolute Gasteiger partial charge is 0.445 e. The molecule has 17 atom stereocenters. The van der Waals surface area contributed by atoms with Gasteiger partial charge in [0.15, 0.2) is 18.9 Å². The molecule has 0 aromatic heterocycles. The van der Waals surface area contributed by atoms with Crippen molar-refractivity contribution in [3.63, 3.8) is 0 Å². The molecule has 86 heavy (non-hydrogen) atoms. The molecule has 3 aliphatic rings. The highest BCUT2D eigenvalue weighted by atomic mass is 31.2. The number of alkyl carbamates (subject to hydrolysis) is 1. The number of ether oxygens (including phenoxy) is 8. The minimum absolute atomic E-state index is 0.0685. The lowest BCUT2D eigenvalue weighted by molar-refractivity contribution is -0.256. The Labute approximate surface area is 502 Å². The average molecular weight is 1230 g/mol. The zero-order valence-corrected chi connectivity index (χ0v) is 51.2. The number of hydrogen-bond acceptors (Lipinski definition) is 18. The van der Waals surface area contributed by atoms with Gasteiger partial charge in [0.2, 0.25) is 0 Å². The monoisotopic (exact) mass is 1230 g/mol. The fourth-order valence-corrected chi connectivity index (χ4v) is 13.2. The lowest BCUT2D eigenvalue weighted by Gasteiger charge is -2.46. The average Bonchev–Trinajstić information content (AvgIpc) is 1.46. The Morgan fingerprint density at radius 2 is 0.860 bits per heavy atom. The van der Waals surface area contributed by atoms with Crippen molar-refractivity contribution in [2.45, 2.75) is 147 Å². The maximum absolute atomic E-state index is 15.0. The standard InChI is InChI=1S/C59H80N10O15P2/c1-40-41(2)51(64-67-60)57(78-48(40)37-73-33-44-23-13-9-14-24-44)83-85(5,71)82-55-43(4)53(66-69-62)58(80-50(55)39-75-35-46-27-17-11-18-28-46)84-86(6,72)81-54-42(3)52(65-68-61)56(79-49(54)38-74-34-45-25-15-10-16-26-45)76-32-22-8-7-21-31-63-59(70)77-36-47-29-19-12-20-30-47/h9-20,23-30,40-43,48-58H,7-8,21-22,31-39H2,1-6H3,(H,63,70)/t40-,41-,42+,43+,48?,49?,50?,51?,52?,53?,54-,55-,56-,57+,58+,85?,86?/m0/s1. The Morgan fingerprint density at radius 1 is 0.488 bits per heavy atom. The first-order chi connectivity index (χ1) is 41.6. The first-order valence-corrected chi connectivity index (χ1v) is 32.9. The molecule has 3 fully saturated rings. The van der Waals surface area contributed by atoms with Crippen LogP contribution in [-0.4, -0.2) is 120 Å². The lowest BCUT2D eigenvalue weighted by Crippen LogP contribution is -2.56. The molecule has 1 amide bonds. The van der Waals surface area contributed by atoms with E-state index in [4.69, 9.17) is 56.0 Å². The summed E-state index contributed by atoms with van der Waals surface area (Å²) in [5.74, 6) is -2.07. The number of hydrogen-bond donors (Lipinski definition) is 1. The van der Waals surface area contributed by atoms with E-state index in [1.165, 1.54) is 13.3 Å². The van der Waals surface area contributed by atoms with E-state index in [0.717, 1.165) is 35.1 Å². The van der Waals surface area contributed by atoms with Crippen LogP contribution in [0.1, 0.15) is 75.6 Å². The maximum atomic E-state index is 15.0. The molecule has 3 saturated heterocycles. The molecule has 1 N–H and O–H groups in total. The highest BCUT2D eigenvalue weighted by Crippen LogP contribution is 2.55. The third-order valence-corrected chi connectivity index (χ3v) is 17.8. The Hall–Kier alpha value is -5.90. The second-order valence-corrected chi connectivity index (χ2v) is 25.7. The fourth-order valence-electron chi connectivity index (χ4n) is 10.5. The summed E-state index contributed by atoms with van der Waals surface area (Å²) < 4.78 is 105. The number of azide groups is 3. The molecule has 3 aliphatic heterocycles. The van der Waals surface area contributed by atoms with Crippen LogP contribution >= 0.6 is 15.2 Å². The van der Waals surface area contributed by atoms with Crippen LogP contribution in [-0.2, 0) is 91.5 Å². The van der Waals surface area contributed by atoms with Gasteiger partial charge in [-0.1, -0.05) is 177 Å². The molecule has 7 rings (SSSR count). The Bertz CT molecular complexity index is 2940. The van der Waals surface area contributed by atoms with Crippen LogP contribution < -0.4 is 5.32 Å². The summed E-state index contributed by atoms with van der Waals surface area (Å²) in [5, 5.41) is 14.9. The molecule has 4 aromatic rings. The van der Waals surface area contributed by atoms with E-state index in [2.05, 4.69) is 35.4 Å². The molecule has 0 saturated carbocycles. The zero-order valence-electron chi connectivity index (χ0n) is 49.4. The Morgan fingerprint density at radius 3 is 1.30 bits per heavy atom. The first-order valence-electron chi connectivity index (χ1n) is 29.0. The van der Waals surface area contributed by atoms with Crippen LogP contribution in [0.2, 0.25) is 0 Å². The van der Waals surface area contributed by atoms with Crippen molar-refractivity contribution in [1.29, 1.82) is 0 Å². The van der Waals surface area contributed by atoms with Gasteiger partial charge in [-0.3, -0.25) is 18.2 Å². The van der Waals surface area contributed by atoms with Crippen molar-refractivity contribution in [2.75, 3.05) is 46.3 Å². The minimum atomic E-state index is -4.33. The normalized spacial score (nSPS) is 28.7. The molecular formula is C59H80N10O15P2. The van der Waals surface area contributed by atoms with Gasteiger partial charge in [-0.2, -0.15) is 0 Å². The van der Waals surface area contributed by atoms with Gasteiger partial charge in [-0.25, -0.2) is 4.79 Å². The Balaban J connectivity index is 1.03. The predicted molar refractivity (Wildman–Crippen MR) is 318 cm³/mol. The summed E-state index contributed by atoms with van der Waals surface area (Å²) in [6, 6.07) is 34.7.